The van der Waals surface area contributed by atoms with Crippen LogP contribution in [-0.2, 0) is 9.05 Å². The van der Waals surface area contributed by atoms with Crippen LogP contribution in [-0.4, -0.2) is 25.8 Å². The van der Waals surface area contributed by atoms with Crippen molar-refractivity contribution in [1.82, 2.24) is 4.98 Å². The second kappa shape index (κ2) is 6.21. The van der Waals surface area contributed by atoms with E-state index in [2.05, 4.69) is 4.98 Å². The first-order chi connectivity index (χ1) is 9.04. The molecule has 1 aromatic heterocycles. The smallest absolute Gasteiger partial charge is 0.232 e. The molecule has 4 nitrogen and oxygen atoms in total. The van der Waals surface area contributed by atoms with Crippen molar-refractivity contribution in [2.24, 2.45) is 0 Å². The Bertz CT molecular complexity index is 658. The van der Waals surface area contributed by atoms with Crippen molar-refractivity contribution in [1.29, 1.82) is 0 Å². The average molecular weight is 300 g/mol. The molecule has 0 aliphatic heterocycles. The van der Waals surface area contributed by atoms with Crippen molar-refractivity contribution < 1.29 is 13.2 Å². The number of benzene rings is 1. The van der Waals surface area contributed by atoms with Crippen molar-refractivity contribution >= 4 is 30.6 Å². The second-order valence-corrected chi connectivity index (χ2v) is 7.05. The summed E-state index contributed by atoms with van der Waals surface area (Å²) in [4.78, 5) is 4.24. The fourth-order valence-corrected chi connectivity index (χ4v) is 2.58. The fraction of sp³-hybridized carbons (Fsp3) is 0.308. The topological polar surface area (TPSA) is 56.3 Å². The van der Waals surface area contributed by atoms with E-state index >= 15 is 0 Å². The molecule has 0 fully saturated rings. The van der Waals surface area contributed by atoms with Gasteiger partial charge in [0.2, 0.25) is 9.05 Å². The number of rotatable bonds is 6. The zero-order valence-corrected chi connectivity index (χ0v) is 11.8. The molecular weight excluding hydrogens is 286 g/mol. The van der Waals surface area contributed by atoms with Gasteiger partial charge < -0.3 is 4.74 Å². The Kier molecular flexibility index (Phi) is 4.61. The number of halogens is 1. The molecule has 0 N–H and O–H groups in total. The van der Waals surface area contributed by atoms with Gasteiger partial charge in [0, 0.05) is 28.3 Å². The van der Waals surface area contributed by atoms with E-state index in [0.717, 1.165) is 16.7 Å². The average Bonchev–Trinajstić information content (AvgIpc) is 2.37. The van der Waals surface area contributed by atoms with Gasteiger partial charge in [-0.15, -0.1) is 0 Å². The third kappa shape index (κ3) is 4.69. The first kappa shape index (κ1) is 14.1. The number of hydrogen-bond donors (Lipinski definition) is 0. The molecule has 0 aliphatic rings. The maximum atomic E-state index is 10.7. The van der Waals surface area contributed by atoms with Crippen molar-refractivity contribution in [2.45, 2.75) is 12.8 Å². The van der Waals surface area contributed by atoms with Crippen molar-refractivity contribution in [3.8, 4) is 5.75 Å². The molecule has 2 rings (SSSR count). The van der Waals surface area contributed by atoms with Crippen LogP contribution in [0.15, 0.2) is 36.5 Å². The summed E-state index contributed by atoms with van der Waals surface area (Å²) >= 11 is 0. The van der Waals surface area contributed by atoms with Crippen molar-refractivity contribution in [2.75, 3.05) is 12.4 Å². The molecule has 2 aromatic rings. The molecule has 1 heterocycles. The first-order valence-electron chi connectivity index (χ1n) is 5.94. The lowest BCUT2D eigenvalue weighted by atomic mass is 10.2. The summed E-state index contributed by atoms with van der Waals surface area (Å²) in [7, 11) is 1.73. The molecule has 0 saturated heterocycles. The van der Waals surface area contributed by atoms with Gasteiger partial charge in [-0.05, 0) is 31.0 Å². The molecule has 0 saturated carbocycles. The van der Waals surface area contributed by atoms with Crippen LogP contribution in [0.4, 0.5) is 0 Å². The van der Waals surface area contributed by atoms with Crippen LogP contribution < -0.4 is 4.74 Å². The highest BCUT2D eigenvalue weighted by atomic mass is 35.7. The number of pyridine rings is 1. The van der Waals surface area contributed by atoms with Gasteiger partial charge in [-0.1, -0.05) is 6.07 Å². The first-order valence-corrected chi connectivity index (χ1v) is 8.42. The Morgan fingerprint density at radius 1 is 1.21 bits per heavy atom. The Balaban J connectivity index is 1.85. The highest BCUT2D eigenvalue weighted by Crippen LogP contribution is 2.18. The summed E-state index contributed by atoms with van der Waals surface area (Å²) in [6.45, 7) is 0.463. The normalized spacial score (nSPS) is 11.6. The minimum atomic E-state index is -3.39. The third-order valence-corrected chi connectivity index (χ3v) is 3.87. The van der Waals surface area contributed by atoms with Crippen LogP contribution in [0.5, 0.6) is 5.75 Å². The van der Waals surface area contributed by atoms with Crippen LogP contribution in [0.2, 0.25) is 0 Å². The minimum absolute atomic E-state index is 0.0167. The van der Waals surface area contributed by atoms with E-state index in [4.69, 9.17) is 15.4 Å². The maximum Gasteiger partial charge on any atom is 0.232 e. The van der Waals surface area contributed by atoms with Gasteiger partial charge in [0.1, 0.15) is 5.75 Å². The monoisotopic (exact) mass is 299 g/mol. The molecule has 0 spiro atoms. The molecule has 19 heavy (non-hydrogen) atoms. The largest absolute Gasteiger partial charge is 0.494 e. The number of nitrogens with zero attached hydrogens (tertiary/aromatic N) is 1. The maximum absolute atomic E-state index is 10.7. The molecule has 0 bridgehead atoms. The zero-order chi connectivity index (χ0) is 13.7. The van der Waals surface area contributed by atoms with E-state index in [0.29, 0.717) is 19.4 Å². The lowest BCUT2D eigenvalue weighted by Crippen LogP contribution is -2.02. The Hall–Kier alpha value is -1.33. The standard InChI is InChI=1S/C13H14ClNO3S/c14-19(16,17)9-2-1-8-18-12-6-5-11-4-3-7-15-13(11)10-12/h3-7,10H,1-2,8-9H2. The zero-order valence-electron chi connectivity index (χ0n) is 10.3. The molecular formula is C13H14ClNO3S. The van der Waals surface area contributed by atoms with Gasteiger partial charge in [0.05, 0.1) is 17.9 Å². The highest BCUT2D eigenvalue weighted by molar-refractivity contribution is 8.13. The molecule has 6 heteroatoms. The number of fused-ring (bicyclic) bond motifs is 1. The van der Waals surface area contributed by atoms with Crippen molar-refractivity contribution in [3.63, 3.8) is 0 Å². The summed E-state index contributed by atoms with van der Waals surface area (Å²) in [6, 6.07) is 9.56. The third-order valence-electron chi connectivity index (χ3n) is 2.63. The molecule has 1 aromatic carbocycles. The van der Waals surface area contributed by atoms with E-state index in [-0.39, 0.29) is 5.75 Å². The summed E-state index contributed by atoms with van der Waals surface area (Å²) in [5.74, 6) is 0.719. The molecule has 0 amide bonds. The van der Waals surface area contributed by atoms with Crippen LogP contribution in [0.1, 0.15) is 12.8 Å². The highest BCUT2D eigenvalue weighted by Gasteiger charge is 2.04. The molecule has 0 atom stereocenters. The van der Waals surface area contributed by atoms with Gasteiger partial charge in [0.15, 0.2) is 0 Å². The summed E-state index contributed by atoms with van der Waals surface area (Å²) in [6.07, 6.45) is 2.88. The SMILES string of the molecule is O=S(=O)(Cl)CCCCOc1ccc2cccnc2c1. The van der Waals surface area contributed by atoms with E-state index in [1.807, 2.05) is 30.3 Å². The molecule has 0 aliphatic carbocycles. The predicted molar refractivity (Wildman–Crippen MR) is 76.1 cm³/mol. The molecule has 0 unspecified atom stereocenters. The van der Waals surface area contributed by atoms with Gasteiger partial charge in [-0.3, -0.25) is 4.98 Å². The van der Waals surface area contributed by atoms with Gasteiger partial charge in [-0.25, -0.2) is 8.42 Å². The van der Waals surface area contributed by atoms with E-state index in [9.17, 15) is 8.42 Å². The second-order valence-electron chi connectivity index (χ2n) is 4.16. The van der Waals surface area contributed by atoms with E-state index in [1.54, 1.807) is 6.20 Å². The van der Waals surface area contributed by atoms with Crippen LogP contribution in [0.3, 0.4) is 0 Å². The van der Waals surface area contributed by atoms with Gasteiger partial charge in [-0.2, -0.15) is 0 Å². The van der Waals surface area contributed by atoms with Crippen LogP contribution in [0, 0.1) is 0 Å². The molecule has 102 valence electrons. The quantitative estimate of drug-likeness (QED) is 0.608. The Morgan fingerprint density at radius 2 is 2.05 bits per heavy atom. The number of aromatic nitrogens is 1. The fourth-order valence-electron chi connectivity index (χ4n) is 1.70. The lowest BCUT2D eigenvalue weighted by molar-refractivity contribution is 0.310. The number of unbranched alkanes of at least 4 members (excludes halogenated alkanes) is 1. The van der Waals surface area contributed by atoms with Gasteiger partial charge in [0.25, 0.3) is 0 Å². The predicted octanol–water partition coefficient (Wildman–Crippen LogP) is 2.96. The summed E-state index contributed by atoms with van der Waals surface area (Å²) < 4.78 is 27.0. The number of hydrogen-bond acceptors (Lipinski definition) is 4. The van der Waals surface area contributed by atoms with Crippen LogP contribution in [0.25, 0.3) is 10.9 Å². The molecule has 0 radical (unpaired) electrons. The van der Waals surface area contributed by atoms with Gasteiger partial charge >= 0.3 is 0 Å². The summed E-state index contributed by atoms with van der Waals surface area (Å²) in [5, 5.41) is 1.06. The van der Waals surface area contributed by atoms with E-state index < -0.39 is 9.05 Å². The Labute approximate surface area is 116 Å². The van der Waals surface area contributed by atoms with Crippen LogP contribution >= 0.6 is 10.7 Å². The Morgan fingerprint density at radius 3 is 2.84 bits per heavy atom. The minimum Gasteiger partial charge on any atom is -0.494 e. The summed E-state index contributed by atoms with van der Waals surface area (Å²) in [5.41, 5.74) is 0.878. The number of ether oxygens (including phenoxy) is 1. The van der Waals surface area contributed by atoms with E-state index in [1.165, 1.54) is 0 Å². The lowest BCUT2D eigenvalue weighted by Gasteiger charge is -2.06. The van der Waals surface area contributed by atoms with Crippen molar-refractivity contribution in [3.05, 3.63) is 36.5 Å².